The SMILES string of the molecule is CCCC1(CCC)NC(=O)N(c2nccs2)C1=O. The van der Waals surface area contributed by atoms with Crippen LogP contribution in [0.2, 0.25) is 0 Å². The van der Waals surface area contributed by atoms with E-state index in [1.165, 1.54) is 16.2 Å². The molecular formula is C12H17N3O2S. The zero-order valence-electron chi connectivity index (χ0n) is 10.6. The molecule has 6 heteroatoms. The second-order valence-electron chi connectivity index (χ2n) is 4.47. The molecule has 18 heavy (non-hydrogen) atoms. The Labute approximate surface area is 110 Å². The third-order valence-corrected chi connectivity index (χ3v) is 3.88. The average molecular weight is 267 g/mol. The van der Waals surface area contributed by atoms with E-state index in [0.717, 1.165) is 12.8 Å². The monoisotopic (exact) mass is 267 g/mol. The molecule has 0 atom stereocenters. The summed E-state index contributed by atoms with van der Waals surface area (Å²) in [4.78, 5) is 29.8. The summed E-state index contributed by atoms with van der Waals surface area (Å²) < 4.78 is 0. The van der Waals surface area contributed by atoms with Gasteiger partial charge in [0.25, 0.3) is 5.91 Å². The van der Waals surface area contributed by atoms with Crippen LogP contribution in [0, 0.1) is 0 Å². The summed E-state index contributed by atoms with van der Waals surface area (Å²) in [6.07, 6.45) is 4.66. The highest BCUT2D eigenvalue weighted by atomic mass is 32.1. The van der Waals surface area contributed by atoms with Crippen LogP contribution in [-0.4, -0.2) is 22.5 Å². The Bertz CT molecular complexity index is 438. The third kappa shape index (κ3) is 2.01. The van der Waals surface area contributed by atoms with E-state index in [4.69, 9.17) is 0 Å². The zero-order valence-corrected chi connectivity index (χ0v) is 11.4. The molecule has 1 aliphatic heterocycles. The van der Waals surface area contributed by atoms with Crippen molar-refractivity contribution in [2.75, 3.05) is 4.90 Å². The molecule has 2 heterocycles. The van der Waals surface area contributed by atoms with E-state index in [-0.39, 0.29) is 11.9 Å². The van der Waals surface area contributed by atoms with Crippen LogP contribution in [0.3, 0.4) is 0 Å². The number of nitrogens with zero attached hydrogens (tertiary/aromatic N) is 2. The predicted molar refractivity (Wildman–Crippen MR) is 70.7 cm³/mol. The maximum Gasteiger partial charge on any atom is 0.331 e. The van der Waals surface area contributed by atoms with E-state index in [1.54, 1.807) is 11.6 Å². The highest BCUT2D eigenvalue weighted by molar-refractivity contribution is 7.14. The number of thiazole rings is 1. The average Bonchev–Trinajstić information content (AvgIpc) is 2.89. The number of hydrogen-bond acceptors (Lipinski definition) is 4. The van der Waals surface area contributed by atoms with Crippen LogP contribution >= 0.6 is 11.3 Å². The van der Waals surface area contributed by atoms with Gasteiger partial charge in [-0.25, -0.2) is 14.7 Å². The van der Waals surface area contributed by atoms with E-state index in [0.29, 0.717) is 18.0 Å². The number of hydrogen-bond donors (Lipinski definition) is 1. The molecule has 0 unspecified atom stereocenters. The largest absolute Gasteiger partial charge is 0.331 e. The van der Waals surface area contributed by atoms with Crippen molar-refractivity contribution in [3.8, 4) is 0 Å². The number of urea groups is 1. The van der Waals surface area contributed by atoms with Crippen molar-refractivity contribution in [2.45, 2.75) is 45.1 Å². The normalized spacial score (nSPS) is 18.2. The van der Waals surface area contributed by atoms with Gasteiger partial charge < -0.3 is 5.32 Å². The highest BCUT2D eigenvalue weighted by Gasteiger charge is 2.51. The van der Waals surface area contributed by atoms with Crippen LogP contribution in [0.1, 0.15) is 39.5 Å². The van der Waals surface area contributed by atoms with Crippen molar-refractivity contribution in [1.82, 2.24) is 10.3 Å². The fourth-order valence-corrected chi connectivity index (χ4v) is 3.07. The molecule has 5 nitrogen and oxygen atoms in total. The summed E-state index contributed by atoms with van der Waals surface area (Å²) >= 11 is 1.30. The van der Waals surface area contributed by atoms with Crippen LogP contribution in [-0.2, 0) is 4.79 Å². The standard InChI is InChI=1S/C12H17N3O2S/c1-3-5-12(6-4-2)9(16)15(10(17)14-12)11-13-7-8-18-11/h7-8H,3-6H2,1-2H3,(H,14,17). The topological polar surface area (TPSA) is 62.3 Å². The minimum atomic E-state index is -0.730. The molecule has 1 aromatic rings. The Morgan fingerprint density at radius 2 is 2.00 bits per heavy atom. The molecule has 3 amide bonds. The van der Waals surface area contributed by atoms with Crippen molar-refractivity contribution >= 4 is 28.4 Å². The first-order chi connectivity index (χ1) is 8.64. The summed E-state index contributed by atoms with van der Waals surface area (Å²) in [7, 11) is 0. The molecule has 0 bridgehead atoms. The molecule has 2 rings (SSSR count). The first-order valence-corrected chi connectivity index (χ1v) is 7.09. The second kappa shape index (κ2) is 5.06. The van der Waals surface area contributed by atoms with Gasteiger partial charge in [-0.05, 0) is 12.8 Å². The van der Waals surface area contributed by atoms with E-state index < -0.39 is 5.54 Å². The van der Waals surface area contributed by atoms with E-state index in [2.05, 4.69) is 10.3 Å². The maximum atomic E-state index is 12.5. The molecular weight excluding hydrogens is 250 g/mol. The minimum Gasteiger partial charge on any atom is -0.323 e. The number of carbonyl (C=O) groups is 2. The summed E-state index contributed by atoms with van der Waals surface area (Å²) in [6, 6.07) is -0.350. The molecule has 1 saturated heterocycles. The van der Waals surface area contributed by atoms with Crippen LogP contribution in [0.5, 0.6) is 0 Å². The third-order valence-electron chi connectivity index (χ3n) is 3.13. The first kappa shape index (κ1) is 13.0. The van der Waals surface area contributed by atoms with E-state index in [9.17, 15) is 9.59 Å². The van der Waals surface area contributed by atoms with Crippen LogP contribution < -0.4 is 10.2 Å². The number of amides is 3. The lowest BCUT2D eigenvalue weighted by molar-refractivity contribution is -0.122. The molecule has 0 radical (unpaired) electrons. The van der Waals surface area contributed by atoms with Crippen LogP contribution in [0.4, 0.5) is 9.93 Å². The number of anilines is 1. The Morgan fingerprint density at radius 1 is 1.33 bits per heavy atom. The molecule has 98 valence electrons. The Balaban J connectivity index is 2.32. The zero-order chi connectivity index (χ0) is 13.2. The molecule has 0 saturated carbocycles. The van der Waals surface area contributed by atoms with Crippen molar-refractivity contribution in [1.29, 1.82) is 0 Å². The number of nitrogens with one attached hydrogen (secondary N) is 1. The van der Waals surface area contributed by atoms with Crippen LogP contribution in [0.15, 0.2) is 11.6 Å². The lowest BCUT2D eigenvalue weighted by atomic mass is 9.89. The molecule has 1 aromatic heterocycles. The number of imide groups is 1. The maximum absolute atomic E-state index is 12.5. The second-order valence-corrected chi connectivity index (χ2v) is 5.34. The first-order valence-electron chi connectivity index (χ1n) is 6.21. The lowest BCUT2D eigenvalue weighted by Crippen LogP contribution is -2.46. The molecule has 0 spiro atoms. The van der Waals surface area contributed by atoms with Gasteiger partial charge in [-0.3, -0.25) is 4.79 Å². The van der Waals surface area contributed by atoms with Crippen molar-refractivity contribution in [2.24, 2.45) is 0 Å². The van der Waals surface area contributed by atoms with Gasteiger partial charge in [-0.2, -0.15) is 0 Å². The Kier molecular flexibility index (Phi) is 3.65. The number of rotatable bonds is 5. The fourth-order valence-electron chi connectivity index (χ4n) is 2.44. The molecule has 1 aliphatic rings. The van der Waals surface area contributed by atoms with Gasteiger partial charge in [0.05, 0.1) is 0 Å². The summed E-state index contributed by atoms with van der Waals surface area (Å²) in [5.41, 5.74) is -0.730. The number of carbonyl (C=O) groups excluding carboxylic acids is 2. The van der Waals surface area contributed by atoms with Gasteiger partial charge in [0.2, 0.25) is 5.13 Å². The van der Waals surface area contributed by atoms with Gasteiger partial charge in [0.15, 0.2) is 0 Å². The van der Waals surface area contributed by atoms with E-state index >= 15 is 0 Å². The van der Waals surface area contributed by atoms with E-state index in [1.807, 2.05) is 13.8 Å². The van der Waals surface area contributed by atoms with Gasteiger partial charge in [0.1, 0.15) is 5.54 Å². The summed E-state index contributed by atoms with van der Waals surface area (Å²) in [5.74, 6) is -0.161. The van der Waals surface area contributed by atoms with Gasteiger partial charge in [-0.15, -0.1) is 11.3 Å². The minimum absolute atomic E-state index is 0.161. The summed E-state index contributed by atoms with van der Waals surface area (Å²) in [5, 5.41) is 5.07. The van der Waals surface area contributed by atoms with Gasteiger partial charge >= 0.3 is 6.03 Å². The smallest absolute Gasteiger partial charge is 0.323 e. The number of aromatic nitrogens is 1. The summed E-state index contributed by atoms with van der Waals surface area (Å²) in [6.45, 7) is 4.03. The van der Waals surface area contributed by atoms with Crippen LogP contribution in [0.25, 0.3) is 0 Å². The molecule has 0 aromatic carbocycles. The Hall–Kier alpha value is -1.43. The quantitative estimate of drug-likeness (QED) is 0.834. The predicted octanol–water partition coefficient (Wildman–Crippen LogP) is 2.54. The molecule has 1 fully saturated rings. The Morgan fingerprint density at radius 3 is 2.50 bits per heavy atom. The lowest BCUT2D eigenvalue weighted by Gasteiger charge is -2.25. The molecule has 1 N–H and O–H groups in total. The van der Waals surface area contributed by atoms with Gasteiger partial charge in [0, 0.05) is 11.6 Å². The van der Waals surface area contributed by atoms with Crippen molar-refractivity contribution < 1.29 is 9.59 Å². The highest BCUT2D eigenvalue weighted by Crippen LogP contribution is 2.32. The van der Waals surface area contributed by atoms with Gasteiger partial charge in [-0.1, -0.05) is 26.7 Å². The molecule has 0 aliphatic carbocycles. The fraction of sp³-hybridized carbons (Fsp3) is 0.583. The van der Waals surface area contributed by atoms with Crippen molar-refractivity contribution in [3.63, 3.8) is 0 Å². The van der Waals surface area contributed by atoms with Crippen molar-refractivity contribution in [3.05, 3.63) is 11.6 Å².